The minimum atomic E-state index is 0.0248. The van der Waals surface area contributed by atoms with E-state index in [1.807, 2.05) is 22.2 Å². The first-order valence-corrected chi connectivity index (χ1v) is 8.44. The molecule has 4 unspecified atom stereocenters. The molecule has 2 aromatic rings. The van der Waals surface area contributed by atoms with Gasteiger partial charge in [-0.3, -0.25) is 9.20 Å². The Labute approximate surface area is 127 Å². The number of rotatable bonds is 4. The highest BCUT2D eigenvalue weighted by molar-refractivity contribution is 7.15. The summed E-state index contributed by atoms with van der Waals surface area (Å²) in [6.45, 7) is 0.187. The van der Waals surface area contributed by atoms with Crippen molar-refractivity contribution < 1.29 is 9.90 Å². The minimum absolute atomic E-state index is 0.0248. The highest BCUT2D eigenvalue weighted by atomic mass is 32.1. The Hall–Kier alpha value is -1.40. The molecule has 2 fully saturated rings. The Bertz CT molecular complexity index is 636. The van der Waals surface area contributed by atoms with E-state index in [1.165, 1.54) is 12.8 Å². The Kier molecular flexibility index (Phi) is 3.23. The largest absolute Gasteiger partial charge is 0.396 e. The number of hydrogen-bond acceptors (Lipinski definition) is 4. The Morgan fingerprint density at radius 1 is 1.48 bits per heavy atom. The Morgan fingerprint density at radius 3 is 3.14 bits per heavy atom. The van der Waals surface area contributed by atoms with Crippen molar-refractivity contribution in [3.05, 3.63) is 23.5 Å². The number of nitrogens with one attached hydrogen (secondary N) is 1. The van der Waals surface area contributed by atoms with Crippen molar-refractivity contribution in [1.82, 2.24) is 14.7 Å². The van der Waals surface area contributed by atoms with E-state index in [0.29, 0.717) is 18.3 Å². The highest BCUT2D eigenvalue weighted by Crippen LogP contribution is 2.48. The zero-order valence-electron chi connectivity index (χ0n) is 11.7. The average molecular weight is 305 g/mol. The minimum Gasteiger partial charge on any atom is -0.396 e. The summed E-state index contributed by atoms with van der Waals surface area (Å²) in [5.74, 6) is 1.43. The van der Waals surface area contributed by atoms with Crippen molar-refractivity contribution in [1.29, 1.82) is 0 Å². The average Bonchev–Trinajstić information content (AvgIpc) is 3.16. The van der Waals surface area contributed by atoms with E-state index in [0.717, 1.165) is 17.1 Å². The second-order valence-corrected chi connectivity index (χ2v) is 7.15. The van der Waals surface area contributed by atoms with Gasteiger partial charge in [-0.15, -0.1) is 11.3 Å². The second kappa shape index (κ2) is 5.10. The van der Waals surface area contributed by atoms with Gasteiger partial charge in [0.25, 0.3) is 0 Å². The van der Waals surface area contributed by atoms with Crippen molar-refractivity contribution in [2.24, 2.45) is 17.8 Å². The van der Waals surface area contributed by atoms with Gasteiger partial charge in [-0.2, -0.15) is 0 Å². The molecule has 6 heteroatoms. The van der Waals surface area contributed by atoms with Gasteiger partial charge in [-0.05, 0) is 31.1 Å². The van der Waals surface area contributed by atoms with Crippen LogP contribution in [0.3, 0.4) is 0 Å². The molecule has 21 heavy (non-hydrogen) atoms. The van der Waals surface area contributed by atoms with Gasteiger partial charge in [-0.25, -0.2) is 4.98 Å². The van der Waals surface area contributed by atoms with Gasteiger partial charge in [-0.1, -0.05) is 0 Å². The number of amides is 1. The summed E-state index contributed by atoms with van der Waals surface area (Å²) in [5.41, 5.74) is 0.808. The van der Waals surface area contributed by atoms with Crippen LogP contribution < -0.4 is 5.32 Å². The molecule has 0 aliphatic heterocycles. The first kappa shape index (κ1) is 13.3. The number of nitrogens with zero attached hydrogens (tertiary/aromatic N) is 2. The van der Waals surface area contributed by atoms with Crippen LogP contribution in [0.4, 0.5) is 0 Å². The first-order valence-electron chi connectivity index (χ1n) is 7.56. The van der Waals surface area contributed by atoms with E-state index in [-0.39, 0.29) is 24.5 Å². The summed E-state index contributed by atoms with van der Waals surface area (Å²) in [6.07, 6.45) is 7.74. The van der Waals surface area contributed by atoms with E-state index >= 15 is 0 Å². The third kappa shape index (κ3) is 2.26. The molecule has 0 saturated heterocycles. The predicted molar refractivity (Wildman–Crippen MR) is 80.1 cm³/mol. The molecule has 4 rings (SSSR count). The molecule has 5 nitrogen and oxygen atoms in total. The molecule has 2 aliphatic rings. The maximum absolute atomic E-state index is 12.3. The third-order valence-corrected chi connectivity index (χ3v) is 5.88. The van der Waals surface area contributed by atoms with Gasteiger partial charge in [0.2, 0.25) is 5.91 Å². The van der Waals surface area contributed by atoms with Crippen molar-refractivity contribution in [2.75, 3.05) is 6.61 Å². The molecule has 2 saturated carbocycles. The fourth-order valence-electron chi connectivity index (χ4n) is 4.16. The lowest BCUT2D eigenvalue weighted by Crippen LogP contribution is -2.45. The molecule has 0 spiro atoms. The third-order valence-electron chi connectivity index (χ3n) is 5.11. The summed E-state index contributed by atoms with van der Waals surface area (Å²) >= 11 is 1.57. The molecule has 2 aromatic heterocycles. The standard InChI is InChI=1S/C15H19N3O2S/c19-8-12-9-1-2-10(5-9)14(12)17-13(20)6-11-7-18-3-4-21-15(18)16-11/h3-4,7,9-10,12,14,19H,1-2,5-6,8H2,(H,17,20). The molecular formula is C15H19N3O2S. The van der Waals surface area contributed by atoms with Gasteiger partial charge in [0, 0.05) is 36.3 Å². The van der Waals surface area contributed by atoms with Gasteiger partial charge < -0.3 is 10.4 Å². The summed E-state index contributed by atoms with van der Waals surface area (Å²) in [7, 11) is 0. The van der Waals surface area contributed by atoms with Gasteiger partial charge in [0.05, 0.1) is 12.1 Å². The van der Waals surface area contributed by atoms with Gasteiger partial charge >= 0.3 is 0 Å². The van der Waals surface area contributed by atoms with E-state index in [2.05, 4.69) is 10.3 Å². The van der Waals surface area contributed by atoms with Crippen LogP contribution in [0.2, 0.25) is 0 Å². The first-order chi connectivity index (χ1) is 10.2. The van der Waals surface area contributed by atoms with Crippen LogP contribution in [0.25, 0.3) is 4.96 Å². The normalized spacial score (nSPS) is 31.1. The van der Waals surface area contributed by atoms with Crippen LogP contribution in [0.5, 0.6) is 0 Å². The topological polar surface area (TPSA) is 66.6 Å². The summed E-state index contributed by atoms with van der Waals surface area (Å²) in [6, 6.07) is 0.157. The highest BCUT2D eigenvalue weighted by Gasteiger charge is 2.47. The van der Waals surface area contributed by atoms with Crippen LogP contribution in [-0.2, 0) is 11.2 Å². The van der Waals surface area contributed by atoms with Crippen molar-refractivity contribution >= 4 is 22.2 Å². The van der Waals surface area contributed by atoms with E-state index < -0.39 is 0 Å². The number of carbonyl (C=O) groups is 1. The Balaban J connectivity index is 1.42. The molecule has 2 N–H and O–H groups in total. The van der Waals surface area contributed by atoms with Crippen LogP contribution in [0.15, 0.2) is 17.8 Å². The number of thiazole rings is 1. The maximum atomic E-state index is 12.3. The van der Waals surface area contributed by atoms with Gasteiger partial charge in [0.15, 0.2) is 4.96 Å². The molecule has 0 radical (unpaired) electrons. The fraction of sp³-hybridized carbons (Fsp3) is 0.600. The van der Waals surface area contributed by atoms with Gasteiger partial charge in [0.1, 0.15) is 0 Å². The molecule has 0 aromatic carbocycles. The smallest absolute Gasteiger partial charge is 0.226 e. The number of aromatic nitrogens is 2. The van der Waals surface area contributed by atoms with Crippen LogP contribution in [0.1, 0.15) is 25.0 Å². The number of hydrogen-bond donors (Lipinski definition) is 2. The molecule has 2 aliphatic carbocycles. The van der Waals surface area contributed by atoms with E-state index in [4.69, 9.17) is 0 Å². The summed E-state index contributed by atoms with van der Waals surface area (Å²) < 4.78 is 1.95. The maximum Gasteiger partial charge on any atom is 0.226 e. The number of fused-ring (bicyclic) bond motifs is 3. The summed E-state index contributed by atoms with van der Waals surface area (Å²) in [5, 5.41) is 14.7. The monoisotopic (exact) mass is 305 g/mol. The number of aliphatic hydroxyl groups excluding tert-OH is 1. The quantitative estimate of drug-likeness (QED) is 0.899. The molecule has 112 valence electrons. The fourth-order valence-corrected chi connectivity index (χ4v) is 4.88. The zero-order chi connectivity index (χ0) is 14.4. The van der Waals surface area contributed by atoms with Crippen molar-refractivity contribution in [3.63, 3.8) is 0 Å². The zero-order valence-corrected chi connectivity index (χ0v) is 12.6. The molecule has 1 amide bonds. The lowest BCUT2D eigenvalue weighted by molar-refractivity contribution is -0.122. The number of aliphatic hydroxyl groups is 1. The lowest BCUT2D eigenvalue weighted by Gasteiger charge is -2.30. The van der Waals surface area contributed by atoms with E-state index in [9.17, 15) is 9.90 Å². The second-order valence-electron chi connectivity index (χ2n) is 6.27. The van der Waals surface area contributed by atoms with E-state index in [1.54, 1.807) is 11.3 Å². The van der Waals surface area contributed by atoms with Crippen LogP contribution in [-0.4, -0.2) is 33.0 Å². The predicted octanol–water partition coefficient (Wildman–Crippen LogP) is 1.46. The Morgan fingerprint density at radius 2 is 2.33 bits per heavy atom. The van der Waals surface area contributed by atoms with Crippen molar-refractivity contribution in [3.8, 4) is 0 Å². The molecule has 4 atom stereocenters. The van der Waals surface area contributed by atoms with Crippen LogP contribution in [0, 0.1) is 17.8 Å². The summed E-state index contributed by atoms with van der Waals surface area (Å²) in [4.78, 5) is 17.6. The number of carbonyl (C=O) groups excluding carboxylic acids is 1. The van der Waals surface area contributed by atoms with Crippen molar-refractivity contribution in [2.45, 2.75) is 31.7 Å². The number of imidazole rings is 1. The molecule has 2 bridgehead atoms. The SMILES string of the molecule is O=C(Cc1cn2ccsc2n1)NC1C2CCC(C2)C1CO. The molecule has 2 heterocycles. The molecular weight excluding hydrogens is 286 g/mol. The lowest BCUT2D eigenvalue weighted by atomic mass is 9.85. The van der Waals surface area contributed by atoms with Crippen LogP contribution >= 0.6 is 11.3 Å².